The van der Waals surface area contributed by atoms with Crippen molar-refractivity contribution < 1.29 is 0 Å². The maximum absolute atomic E-state index is 2.35. The maximum Gasteiger partial charge on any atom is 0.0534 e. The highest BCUT2D eigenvalue weighted by molar-refractivity contribution is 5.97. The number of anilines is 3. The molecule has 0 aliphatic rings. The van der Waals surface area contributed by atoms with Gasteiger partial charge in [0.15, 0.2) is 0 Å². The van der Waals surface area contributed by atoms with Gasteiger partial charge in [-0.05, 0) is 93.5 Å². The Balaban J connectivity index is 1.11. The van der Waals surface area contributed by atoms with Gasteiger partial charge in [-0.3, -0.25) is 0 Å². The van der Waals surface area contributed by atoms with Crippen LogP contribution in [0, 0.1) is 0 Å². The molecule has 9 aromatic rings. The van der Waals surface area contributed by atoms with E-state index in [-0.39, 0.29) is 0 Å². The summed E-state index contributed by atoms with van der Waals surface area (Å²) in [6.45, 7) is 0. The normalized spacial score (nSPS) is 11.1. The number of para-hydroxylation sites is 1. The van der Waals surface area contributed by atoms with Crippen molar-refractivity contribution in [1.82, 2.24) is 4.57 Å². The summed E-state index contributed by atoms with van der Waals surface area (Å²) < 4.78 is 2.32. The van der Waals surface area contributed by atoms with Crippen molar-refractivity contribution in [2.75, 3.05) is 4.90 Å². The first-order valence-electron chi connectivity index (χ1n) is 17.8. The first kappa shape index (κ1) is 31.1. The van der Waals surface area contributed by atoms with E-state index in [1.54, 1.807) is 0 Å². The Morgan fingerprint density at radius 3 is 1.37 bits per heavy atom. The molecule has 0 saturated carbocycles. The fourth-order valence-electron chi connectivity index (χ4n) is 7.22. The summed E-state index contributed by atoms with van der Waals surface area (Å²) >= 11 is 0. The van der Waals surface area contributed by atoms with Gasteiger partial charge in [-0.25, -0.2) is 0 Å². The smallest absolute Gasteiger partial charge is 0.0534 e. The van der Waals surface area contributed by atoms with Gasteiger partial charge in [-0.1, -0.05) is 158 Å². The molecule has 0 radical (unpaired) electrons. The lowest BCUT2D eigenvalue weighted by Crippen LogP contribution is -2.10. The molecule has 1 aromatic heterocycles. The van der Waals surface area contributed by atoms with Crippen LogP contribution in [0.15, 0.2) is 219 Å². The summed E-state index contributed by atoms with van der Waals surface area (Å²) in [4.78, 5) is 2.35. The topological polar surface area (TPSA) is 8.17 Å². The van der Waals surface area contributed by atoms with Crippen molar-refractivity contribution in [3.05, 3.63) is 219 Å². The Morgan fingerprint density at radius 1 is 0.308 bits per heavy atom. The van der Waals surface area contributed by atoms with E-state index in [1.165, 1.54) is 44.3 Å². The molecule has 0 aliphatic heterocycles. The Labute approximate surface area is 305 Å². The van der Waals surface area contributed by atoms with Gasteiger partial charge in [0.2, 0.25) is 0 Å². The van der Waals surface area contributed by atoms with E-state index in [4.69, 9.17) is 0 Å². The van der Waals surface area contributed by atoms with Crippen LogP contribution in [0.2, 0.25) is 0 Å². The van der Waals surface area contributed by atoms with Crippen LogP contribution in [-0.2, 0) is 0 Å². The Kier molecular flexibility index (Phi) is 8.24. The predicted molar refractivity (Wildman–Crippen MR) is 220 cm³/mol. The fraction of sp³-hybridized carbons (Fsp3) is 0. The summed E-state index contributed by atoms with van der Waals surface area (Å²) in [5, 5.41) is 1.24. The minimum absolute atomic E-state index is 1.10. The van der Waals surface area contributed by atoms with E-state index < -0.39 is 0 Å². The van der Waals surface area contributed by atoms with Crippen LogP contribution in [-0.4, -0.2) is 4.57 Å². The Hall–Kier alpha value is -6.90. The van der Waals surface area contributed by atoms with Gasteiger partial charge < -0.3 is 9.47 Å². The van der Waals surface area contributed by atoms with Crippen LogP contribution in [0.4, 0.5) is 17.1 Å². The van der Waals surface area contributed by atoms with Gasteiger partial charge in [0, 0.05) is 39.9 Å². The SMILES string of the molecule is c1ccc(-c2ccc(N(c3ccc(-c4ccccc4)cc3)c3cccc(-c4cccc(-n5cc(-c6ccccc6)c6ccccc65)c4)c3)cc2)cc1. The molecule has 52 heavy (non-hydrogen) atoms. The minimum Gasteiger partial charge on any atom is -0.316 e. The zero-order chi connectivity index (χ0) is 34.7. The lowest BCUT2D eigenvalue weighted by atomic mass is 10.0. The highest BCUT2D eigenvalue weighted by Gasteiger charge is 2.16. The van der Waals surface area contributed by atoms with Crippen LogP contribution in [0.5, 0.6) is 0 Å². The van der Waals surface area contributed by atoms with Gasteiger partial charge in [-0.15, -0.1) is 0 Å². The third-order valence-corrected chi connectivity index (χ3v) is 9.82. The average molecular weight is 665 g/mol. The van der Waals surface area contributed by atoms with Crippen molar-refractivity contribution in [3.8, 4) is 50.2 Å². The molecule has 0 unspecified atom stereocenters. The zero-order valence-corrected chi connectivity index (χ0v) is 28.7. The van der Waals surface area contributed by atoms with Gasteiger partial charge in [-0.2, -0.15) is 0 Å². The Bertz CT molecular complexity index is 2500. The third kappa shape index (κ3) is 6.08. The van der Waals surface area contributed by atoms with Crippen LogP contribution in [0.1, 0.15) is 0 Å². The standard InChI is InChI=1S/C50H36N2/c1-4-14-37(15-5-1)39-26-30-44(31-27-39)52(45-32-28-40(29-33-45)38-16-6-2-7-17-38)47-23-13-21-43(35-47)42-20-12-22-46(34-42)51-36-49(41-18-8-3-9-19-41)48-24-10-11-25-50(48)51/h1-36H. The molecule has 246 valence electrons. The molecule has 0 N–H and O–H groups in total. The number of benzene rings is 8. The van der Waals surface area contributed by atoms with Crippen LogP contribution in [0.3, 0.4) is 0 Å². The molecule has 2 nitrogen and oxygen atoms in total. The minimum atomic E-state index is 1.10. The number of rotatable bonds is 8. The van der Waals surface area contributed by atoms with E-state index in [0.717, 1.165) is 33.9 Å². The number of fused-ring (bicyclic) bond motifs is 1. The van der Waals surface area contributed by atoms with Crippen LogP contribution < -0.4 is 4.90 Å². The molecule has 0 spiro atoms. The van der Waals surface area contributed by atoms with Gasteiger partial charge in [0.1, 0.15) is 0 Å². The lowest BCUT2D eigenvalue weighted by molar-refractivity contribution is 1.13. The van der Waals surface area contributed by atoms with Crippen molar-refractivity contribution in [1.29, 1.82) is 0 Å². The van der Waals surface area contributed by atoms with E-state index in [1.807, 2.05) is 0 Å². The van der Waals surface area contributed by atoms with Crippen molar-refractivity contribution >= 4 is 28.0 Å². The second-order valence-corrected chi connectivity index (χ2v) is 13.1. The molecule has 0 fully saturated rings. The second kappa shape index (κ2) is 13.8. The summed E-state index contributed by atoms with van der Waals surface area (Å²) in [5.41, 5.74) is 15.2. The Morgan fingerprint density at radius 2 is 0.769 bits per heavy atom. The summed E-state index contributed by atoms with van der Waals surface area (Å²) in [6.07, 6.45) is 2.27. The molecule has 0 bridgehead atoms. The van der Waals surface area contributed by atoms with Crippen molar-refractivity contribution in [2.24, 2.45) is 0 Å². The average Bonchev–Trinajstić information content (AvgIpc) is 3.63. The second-order valence-electron chi connectivity index (χ2n) is 13.1. The van der Waals surface area contributed by atoms with E-state index in [2.05, 4.69) is 228 Å². The number of hydrogen-bond acceptors (Lipinski definition) is 1. The van der Waals surface area contributed by atoms with E-state index >= 15 is 0 Å². The third-order valence-electron chi connectivity index (χ3n) is 9.82. The summed E-state index contributed by atoms with van der Waals surface area (Å²) in [7, 11) is 0. The highest BCUT2D eigenvalue weighted by Crippen LogP contribution is 2.39. The molecule has 2 heteroatoms. The molecule has 8 aromatic carbocycles. The molecule has 1 heterocycles. The monoisotopic (exact) mass is 664 g/mol. The van der Waals surface area contributed by atoms with Crippen molar-refractivity contribution in [2.45, 2.75) is 0 Å². The maximum atomic E-state index is 2.35. The molecule has 9 rings (SSSR count). The lowest BCUT2D eigenvalue weighted by Gasteiger charge is -2.26. The summed E-state index contributed by atoms with van der Waals surface area (Å²) in [5.74, 6) is 0. The molecular formula is C50H36N2. The van der Waals surface area contributed by atoms with E-state index in [9.17, 15) is 0 Å². The van der Waals surface area contributed by atoms with Crippen LogP contribution >= 0.6 is 0 Å². The fourth-order valence-corrected chi connectivity index (χ4v) is 7.22. The van der Waals surface area contributed by atoms with Gasteiger partial charge in [0.05, 0.1) is 5.52 Å². The van der Waals surface area contributed by atoms with Gasteiger partial charge >= 0.3 is 0 Å². The molecule has 0 saturated heterocycles. The van der Waals surface area contributed by atoms with E-state index in [0.29, 0.717) is 0 Å². The number of hydrogen-bond donors (Lipinski definition) is 0. The molecule has 0 atom stereocenters. The quantitative estimate of drug-likeness (QED) is 0.157. The zero-order valence-electron chi connectivity index (χ0n) is 28.7. The molecule has 0 amide bonds. The highest BCUT2D eigenvalue weighted by atomic mass is 15.1. The predicted octanol–water partition coefficient (Wildman–Crippen LogP) is 13.8. The number of aromatic nitrogens is 1. The number of nitrogens with zero attached hydrogens (tertiary/aromatic N) is 2. The van der Waals surface area contributed by atoms with Crippen LogP contribution in [0.25, 0.3) is 61.1 Å². The molecular weight excluding hydrogens is 629 g/mol. The molecule has 0 aliphatic carbocycles. The van der Waals surface area contributed by atoms with Gasteiger partial charge in [0.25, 0.3) is 0 Å². The summed E-state index contributed by atoms with van der Waals surface area (Å²) in [6, 6.07) is 75.9. The first-order valence-corrected chi connectivity index (χ1v) is 17.8. The largest absolute Gasteiger partial charge is 0.316 e. The first-order chi connectivity index (χ1) is 25.8. The van der Waals surface area contributed by atoms with Crippen molar-refractivity contribution in [3.63, 3.8) is 0 Å².